The van der Waals surface area contributed by atoms with E-state index in [1.807, 2.05) is 38.1 Å². The second-order valence-corrected chi connectivity index (χ2v) is 15.0. The minimum atomic E-state index is -5.33. The first-order valence-corrected chi connectivity index (χ1v) is 17.8. The van der Waals surface area contributed by atoms with E-state index in [0.29, 0.717) is 28.4 Å². The topological polar surface area (TPSA) is 67.1 Å². The quantitative estimate of drug-likeness (QED) is 0.0376. The van der Waals surface area contributed by atoms with Crippen molar-refractivity contribution in [2.24, 2.45) is 17.3 Å². The van der Waals surface area contributed by atoms with E-state index in [1.54, 1.807) is 46.1 Å². The fraction of sp³-hybridized carbons (Fsp3) is 0.595. The Morgan fingerprint density at radius 1 is 0.900 bits per heavy atom. The van der Waals surface area contributed by atoms with Crippen LogP contribution in [0.2, 0.25) is 0 Å². The number of rotatable bonds is 20. The van der Waals surface area contributed by atoms with Crippen molar-refractivity contribution in [2.75, 3.05) is 19.5 Å². The number of unbranched alkanes of at least 4 members (excludes halogenated alkanes) is 2. The zero-order valence-corrected chi connectivity index (χ0v) is 30.5. The lowest BCUT2D eigenvalue weighted by molar-refractivity contribution is -0.514. The second-order valence-electron chi connectivity index (χ2n) is 13.8. The van der Waals surface area contributed by atoms with Crippen LogP contribution in [-0.2, 0) is 25.4 Å². The number of methoxy groups -OCH3 is 1. The highest BCUT2D eigenvalue weighted by Crippen LogP contribution is 2.39. The van der Waals surface area contributed by atoms with Crippen LogP contribution in [0.4, 0.5) is 26.3 Å². The van der Waals surface area contributed by atoms with Crippen LogP contribution in [0.5, 0.6) is 5.75 Å². The molecule has 6 nitrogen and oxygen atoms in total. The first kappa shape index (κ1) is 41.5. The molecule has 2 aromatic carbocycles. The van der Waals surface area contributed by atoms with E-state index in [0.717, 1.165) is 54.0 Å². The van der Waals surface area contributed by atoms with E-state index in [1.165, 1.54) is 0 Å². The number of thioether (sulfide) groups is 1. The van der Waals surface area contributed by atoms with Crippen LogP contribution in [-0.4, -0.2) is 44.0 Å². The molecule has 0 amide bonds. The Kier molecular flexibility index (Phi) is 14.6. The number of hydrogen-bond donors (Lipinski definition) is 0. The summed E-state index contributed by atoms with van der Waals surface area (Å²) in [5.74, 6) is -0.459. The summed E-state index contributed by atoms with van der Waals surface area (Å²) in [5, 5.41) is 0.754. The van der Waals surface area contributed by atoms with Crippen molar-refractivity contribution >= 4 is 28.7 Å². The summed E-state index contributed by atoms with van der Waals surface area (Å²) in [6, 6.07) is 12.8. The zero-order chi connectivity index (χ0) is 37.3. The van der Waals surface area contributed by atoms with Crippen LogP contribution in [0.15, 0.2) is 51.8 Å². The Morgan fingerprint density at radius 2 is 1.58 bits per heavy atom. The van der Waals surface area contributed by atoms with Gasteiger partial charge in [0.2, 0.25) is 0 Å². The van der Waals surface area contributed by atoms with Crippen molar-refractivity contribution in [3.05, 3.63) is 48.0 Å². The number of aryl methyl sites for hydroxylation is 1. The largest absolute Gasteiger partial charge is 0.496 e. The third-order valence-electron chi connectivity index (χ3n) is 7.96. The van der Waals surface area contributed by atoms with E-state index in [4.69, 9.17) is 13.9 Å². The molecule has 0 aliphatic rings. The second kappa shape index (κ2) is 17.5. The summed E-state index contributed by atoms with van der Waals surface area (Å²) >= 11 is 0.919. The van der Waals surface area contributed by atoms with Gasteiger partial charge in [-0.15, -0.1) is 20.5 Å². The number of alkyl halides is 6. The van der Waals surface area contributed by atoms with Gasteiger partial charge in [-0.2, -0.15) is 17.6 Å². The van der Waals surface area contributed by atoms with Gasteiger partial charge in [0.15, 0.2) is 0 Å². The number of carbonyl (C=O) groups is 1. The van der Waals surface area contributed by atoms with Crippen molar-refractivity contribution in [3.63, 3.8) is 0 Å². The monoisotopic (exact) mass is 734 g/mol. The van der Waals surface area contributed by atoms with E-state index in [-0.39, 0.29) is 5.92 Å². The Bertz CT molecular complexity index is 1530. The van der Waals surface area contributed by atoms with E-state index in [9.17, 15) is 31.1 Å². The molecule has 0 aliphatic heterocycles. The summed E-state index contributed by atoms with van der Waals surface area (Å²) in [7, 11) is 1.58. The molecule has 0 N–H and O–H groups in total. The fourth-order valence-electron chi connectivity index (χ4n) is 5.31. The smallest absolute Gasteiger partial charge is 0.494 e. The first-order chi connectivity index (χ1) is 23.2. The molecule has 3 aromatic rings. The highest BCUT2D eigenvalue weighted by atomic mass is 32.2. The molecule has 1 heterocycles. The van der Waals surface area contributed by atoms with E-state index < -0.39 is 61.0 Å². The average molecular weight is 735 g/mol. The molecule has 1 aromatic heterocycles. The number of fused-ring (bicyclic) bond motifs is 1. The third-order valence-corrected chi connectivity index (χ3v) is 8.96. The third kappa shape index (κ3) is 13.0. The normalized spacial score (nSPS) is 13.6. The molecule has 0 bridgehead atoms. The van der Waals surface area contributed by atoms with Gasteiger partial charge in [-0.1, -0.05) is 60.5 Å². The van der Waals surface area contributed by atoms with Crippen LogP contribution in [0, 0.1) is 17.3 Å². The van der Waals surface area contributed by atoms with Crippen molar-refractivity contribution in [1.29, 1.82) is 0 Å². The van der Waals surface area contributed by atoms with Crippen LogP contribution < -0.4 is 4.74 Å². The van der Waals surface area contributed by atoms with Gasteiger partial charge in [0.25, 0.3) is 0 Å². The molecule has 3 rings (SSSR count). The molecule has 0 saturated carbocycles. The molecule has 280 valence electrons. The van der Waals surface area contributed by atoms with Gasteiger partial charge in [0.1, 0.15) is 17.1 Å². The molecule has 1 atom stereocenters. The lowest BCUT2D eigenvalue weighted by Gasteiger charge is -2.30. The molecular formula is C37H48F6O6S. The SMILES string of the molecule is CCCCCc1ccc(-c2cc3ccc(SCCC(F)(F)OC(F)(F)OC(F)(F)CCOC(=O)C(CC(C)C)C(C)(C)C)cc3o2)c(OC)c1. The van der Waals surface area contributed by atoms with Gasteiger partial charge in [-0.3, -0.25) is 4.79 Å². The number of halogens is 6. The van der Waals surface area contributed by atoms with Crippen molar-refractivity contribution in [2.45, 2.75) is 110 Å². The fourth-order valence-corrected chi connectivity index (χ4v) is 6.24. The van der Waals surface area contributed by atoms with Crippen LogP contribution in [0.25, 0.3) is 22.3 Å². The lowest BCUT2D eigenvalue weighted by Crippen LogP contribution is -2.41. The highest BCUT2D eigenvalue weighted by molar-refractivity contribution is 7.99. The number of furan rings is 1. The number of benzene rings is 2. The van der Waals surface area contributed by atoms with Crippen LogP contribution in [0.1, 0.15) is 85.6 Å². The molecule has 0 radical (unpaired) electrons. The molecule has 0 aliphatic carbocycles. The summed E-state index contributed by atoms with van der Waals surface area (Å²) < 4.78 is 109. The number of carbonyl (C=O) groups excluding carboxylic acids is 1. The maximum atomic E-state index is 14.4. The maximum absolute atomic E-state index is 14.4. The average Bonchev–Trinajstić information content (AvgIpc) is 3.41. The number of hydrogen-bond acceptors (Lipinski definition) is 7. The summed E-state index contributed by atoms with van der Waals surface area (Å²) in [6.45, 7) is 10.3. The molecule has 13 heteroatoms. The van der Waals surface area contributed by atoms with Crippen molar-refractivity contribution in [1.82, 2.24) is 0 Å². The van der Waals surface area contributed by atoms with Gasteiger partial charge in [-0.25, -0.2) is 9.47 Å². The van der Waals surface area contributed by atoms with Gasteiger partial charge < -0.3 is 13.9 Å². The Hall–Kier alpha value is -2.90. The van der Waals surface area contributed by atoms with E-state index >= 15 is 0 Å². The number of ether oxygens (including phenoxy) is 4. The predicted octanol–water partition coefficient (Wildman–Crippen LogP) is 11.7. The number of esters is 1. The summed E-state index contributed by atoms with van der Waals surface area (Å²) in [6.07, 6.45) is -12.5. The Labute approximate surface area is 294 Å². The minimum Gasteiger partial charge on any atom is -0.496 e. The summed E-state index contributed by atoms with van der Waals surface area (Å²) in [5.41, 5.74) is 1.84. The van der Waals surface area contributed by atoms with Crippen molar-refractivity contribution in [3.8, 4) is 17.1 Å². The Balaban J connectivity index is 1.54. The molecule has 0 fully saturated rings. The maximum Gasteiger partial charge on any atom is 0.494 e. The molecule has 1 unspecified atom stereocenters. The first-order valence-electron chi connectivity index (χ1n) is 16.8. The summed E-state index contributed by atoms with van der Waals surface area (Å²) in [4.78, 5) is 13.0. The van der Waals surface area contributed by atoms with Gasteiger partial charge in [-0.05, 0) is 72.6 Å². The standard InChI is InChI=1S/C37H48F6O6S/c1-8-9-10-11-25-12-15-28(31(21-25)45-7)32-22-26-13-14-27(23-30(26)47-32)50-19-17-36(40,41)49-37(42,43)48-35(38,39)16-18-46-33(44)29(20-24(2)3)34(4,5)6/h12-15,21-24,29H,8-11,16-20H2,1-7H3. The van der Waals surface area contributed by atoms with Gasteiger partial charge in [0, 0.05) is 22.5 Å². The minimum absolute atomic E-state index is 0.110. The zero-order valence-electron chi connectivity index (χ0n) is 29.7. The molecule has 0 spiro atoms. The van der Waals surface area contributed by atoms with Gasteiger partial charge >= 0.3 is 24.5 Å². The predicted molar refractivity (Wildman–Crippen MR) is 182 cm³/mol. The highest BCUT2D eigenvalue weighted by Gasteiger charge is 2.52. The van der Waals surface area contributed by atoms with Gasteiger partial charge in [0.05, 0.1) is 31.6 Å². The van der Waals surface area contributed by atoms with Crippen molar-refractivity contribution < 1.29 is 54.5 Å². The molecule has 0 saturated heterocycles. The van der Waals surface area contributed by atoms with E-state index in [2.05, 4.69) is 16.4 Å². The Morgan fingerprint density at radius 3 is 2.20 bits per heavy atom. The molecular weight excluding hydrogens is 686 g/mol. The molecule has 50 heavy (non-hydrogen) atoms. The van der Waals surface area contributed by atoms with Crippen LogP contribution in [0.3, 0.4) is 0 Å². The lowest BCUT2D eigenvalue weighted by atomic mass is 9.76. The van der Waals surface area contributed by atoms with Crippen LogP contribution >= 0.6 is 11.8 Å².